The van der Waals surface area contributed by atoms with Crippen molar-refractivity contribution in [2.45, 2.75) is 104 Å². The molecule has 1 aromatic carbocycles. The number of carbonyl (C=O) groups is 3. The third-order valence-corrected chi connectivity index (χ3v) is 15.3. The second-order valence-corrected chi connectivity index (χ2v) is 20.4. The van der Waals surface area contributed by atoms with E-state index < -0.39 is 17.4 Å². The number of amides is 3. The summed E-state index contributed by atoms with van der Waals surface area (Å²) in [4.78, 5) is 62.8. The Labute approximate surface area is 405 Å². The molecule has 2 aliphatic heterocycles. The highest BCUT2D eigenvalue weighted by Crippen LogP contribution is 2.45. The van der Waals surface area contributed by atoms with Crippen molar-refractivity contribution in [3.63, 3.8) is 0 Å². The molecule has 68 heavy (non-hydrogen) atoms. The molecule has 1 aliphatic carbocycles. The van der Waals surface area contributed by atoms with Crippen LogP contribution < -0.4 is 21.3 Å². The average molecular weight is 963 g/mol. The first-order valence-corrected chi connectivity index (χ1v) is 25.0. The zero-order chi connectivity index (χ0) is 48.7. The van der Waals surface area contributed by atoms with Crippen LogP contribution in [0.15, 0.2) is 53.9 Å². The number of nitrogens with zero attached hydrogens (tertiary/aromatic N) is 7. The van der Waals surface area contributed by atoms with E-state index in [1.165, 1.54) is 17.4 Å². The van der Waals surface area contributed by atoms with Gasteiger partial charge in [0.15, 0.2) is 5.84 Å². The van der Waals surface area contributed by atoms with Crippen LogP contribution in [0.25, 0.3) is 10.4 Å². The molecule has 2 saturated heterocycles. The minimum atomic E-state index is -1.00. The van der Waals surface area contributed by atoms with Crippen molar-refractivity contribution in [3.05, 3.63) is 86.8 Å². The third kappa shape index (κ3) is 11.0. The first-order valence-electron chi connectivity index (χ1n) is 23.3. The highest BCUT2D eigenvalue weighted by atomic mass is 32.1. The Balaban J connectivity index is 0.868. The molecule has 7 rings (SSSR count). The van der Waals surface area contributed by atoms with Crippen LogP contribution in [0.2, 0.25) is 0 Å². The predicted molar refractivity (Wildman–Crippen MR) is 265 cm³/mol. The summed E-state index contributed by atoms with van der Waals surface area (Å²) in [6.45, 7) is 13.4. The standard InChI is InChI=1S/C49H62N12O5S2/c1-29(2)40(46(64)61-21-7-10-36(61)45(63)55-26-32-12-14-33(15-13-32)42-31(4)56-28-67-42)37(62)24-39(51)66-23-9-20-59-19-8-22-60(30(3)27-59)48-54-18-16-35(57-48)43(52)58-47(65)49(5)17-6-11-38-41(49)34(25-50)44(53)68-38/h12-16,18,24,28-30,36,40,51,62H,6-11,17,19-23,26-27,53H2,1-5H3,(H,55,63)(H2,52,58,65)/b37-24-,51-39?/t30-,36-,40-,49-/m0/s1. The van der Waals surface area contributed by atoms with Gasteiger partial charge in [-0.3, -0.25) is 25.2 Å². The van der Waals surface area contributed by atoms with Gasteiger partial charge in [-0.1, -0.05) is 38.1 Å². The molecule has 7 N–H and O–H groups in total. The Morgan fingerprint density at radius 1 is 1.12 bits per heavy atom. The van der Waals surface area contributed by atoms with Crippen molar-refractivity contribution >= 4 is 63.1 Å². The molecule has 5 heterocycles. The van der Waals surface area contributed by atoms with Gasteiger partial charge < -0.3 is 40.9 Å². The summed E-state index contributed by atoms with van der Waals surface area (Å²) in [7, 11) is 0. The topological polar surface area (TPSA) is 251 Å². The van der Waals surface area contributed by atoms with Crippen LogP contribution in [-0.2, 0) is 37.5 Å². The van der Waals surface area contributed by atoms with E-state index in [0.29, 0.717) is 80.5 Å². The predicted octanol–water partition coefficient (Wildman–Crippen LogP) is 6.47. The number of fused-ring (bicyclic) bond motifs is 1. The Morgan fingerprint density at radius 3 is 2.62 bits per heavy atom. The molecule has 2 fully saturated rings. The number of amidine groups is 1. The number of aryl methyl sites for hydroxylation is 2. The van der Waals surface area contributed by atoms with Gasteiger partial charge in [0.25, 0.3) is 0 Å². The number of aromatic nitrogens is 3. The van der Waals surface area contributed by atoms with Gasteiger partial charge in [0, 0.05) is 61.5 Å². The first-order chi connectivity index (χ1) is 32.6. The molecule has 360 valence electrons. The van der Waals surface area contributed by atoms with Crippen molar-refractivity contribution in [3.8, 4) is 16.5 Å². The number of benzene rings is 1. The fourth-order valence-corrected chi connectivity index (χ4v) is 11.6. The number of likely N-dealkylation sites (tertiary alicyclic amines) is 1. The molecule has 0 bridgehead atoms. The summed E-state index contributed by atoms with van der Waals surface area (Å²) >= 11 is 2.95. The smallest absolute Gasteiger partial charge is 0.243 e. The lowest BCUT2D eigenvalue weighted by molar-refractivity contribution is -0.142. The minimum absolute atomic E-state index is 0.0204. The van der Waals surface area contributed by atoms with Gasteiger partial charge >= 0.3 is 0 Å². The van der Waals surface area contributed by atoms with Crippen LogP contribution in [0.5, 0.6) is 0 Å². The summed E-state index contributed by atoms with van der Waals surface area (Å²) in [6, 6.07) is 11.1. The Kier molecular flexibility index (Phi) is 15.9. The Hall–Kier alpha value is -6.23. The summed E-state index contributed by atoms with van der Waals surface area (Å²) < 4.78 is 5.72. The number of aliphatic hydroxyl groups excluding tert-OH is 1. The van der Waals surface area contributed by atoms with Crippen molar-refractivity contribution in [1.29, 1.82) is 16.1 Å². The van der Waals surface area contributed by atoms with Crippen LogP contribution in [0.3, 0.4) is 0 Å². The lowest BCUT2D eigenvalue weighted by atomic mass is 9.72. The van der Waals surface area contributed by atoms with Gasteiger partial charge in [-0.05, 0) is 95.4 Å². The van der Waals surface area contributed by atoms with Crippen molar-refractivity contribution in [2.75, 3.05) is 50.0 Å². The molecular weight excluding hydrogens is 901 g/mol. The van der Waals surface area contributed by atoms with Crippen molar-refractivity contribution in [1.82, 2.24) is 35.4 Å². The molecule has 3 amide bonds. The van der Waals surface area contributed by atoms with Gasteiger partial charge in [-0.25, -0.2) is 15.0 Å². The summed E-state index contributed by atoms with van der Waals surface area (Å²) in [5.41, 5.74) is 11.3. The molecule has 4 atom stereocenters. The molecule has 19 heteroatoms. The number of nitriles is 1. The third-order valence-electron chi connectivity index (χ3n) is 13.2. The van der Waals surface area contributed by atoms with Gasteiger partial charge in [0.1, 0.15) is 28.6 Å². The van der Waals surface area contributed by atoms with Crippen LogP contribution in [0.4, 0.5) is 10.9 Å². The number of hydrogen-bond acceptors (Lipinski definition) is 16. The first kappa shape index (κ1) is 49.7. The maximum atomic E-state index is 14.0. The average Bonchev–Trinajstić information content (AvgIpc) is 4.04. The summed E-state index contributed by atoms with van der Waals surface area (Å²) in [6.07, 6.45) is 7.51. The molecule has 0 saturated carbocycles. The number of anilines is 2. The van der Waals surface area contributed by atoms with E-state index >= 15 is 0 Å². The maximum absolute atomic E-state index is 14.0. The number of nitrogen functional groups attached to an aromatic ring is 1. The summed E-state index contributed by atoms with van der Waals surface area (Å²) in [5, 5.41) is 44.5. The van der Waals surface area contributed by atoms with E-state index in [2.05, 4.69) is 43.4 Å². The Bertz CT molecular complexity index is 2580. The lowest BCUT2D eigenvalue weighted by Gasteiger charge is -2.33. The van der Waals surface area contributed by atoms with Gasteiger partial charge in [0.2, 0.25) is 29.6 Å². The molecule has 4 aromatic rings. The maximum Gasteiger partial charge on any atom is 0.243 e. The van der Waals surface area contributed by atoms with Crippen LogP contribution in [0.1, 0.15) is 99.2 Å². The van der Waals surface area contributed by atoms with Crippen LogP contribution in [-0.4, -0.2) is 111 Å². The molecular formula is C49H62N12O5S2. The van der Waals surface area contributed by atoms with E-state index in [-0.39, 0.29) is 59.5 Å². The number of hydrogen-bond donors (Lipinski definition) is 6. The molecule has 0 radical (unpaired) electrons. The number of aliphatic hydroxyl groups is 1. The van der Waals surface area contributed by atoms with E-state index in [1.807, 2.05) is 57.5 Å². The lowest BCUT2D eigenvalue weighted by Crippen LogP contribution is -2.48. The van der Waals surface area contributed by atoms with E-state index in [0.717, 1.165) is 52.4 Å². The van der Waals surface area contributed by atoms with Crippen molar-refractivity contribution < 1.29 is 24.2 Å². The second kappa shape index (κ2) is 21.8. The highest BCUT2D eigenvalue weighted by molar-refractivity contribution is 7.16. The summed E-state index contributed by atoms with van der Waals surface area (Å²) in [5.74, 6) is -2.39. The van der Waals surface area contributed by atoms with E-state index in [1.54, 1.807) is 28.5 Å². The molecule has 0 unspecified atom stereocenters. The van der Waals surface area contributed by atoms with Crippen molar-refractivity contribution in [2.24, 2.45) is 11.8 Å². The zero-order valence-electron chi connectivity index (χ0n) is 39.4. The van der Waals surface area contributed by atoms with Gasteiger partial charge in [-0.2, -0.15) is 5.26 Å². The number of ether oxygens (including phenoxy) is 1. The number of thiazole rings is 1. The fraction of sp³-hybridized carbons (Fsp3) is 0.490. The largest absolute Gasteiger partial charge is 0.511 e. The van der Waals surface area contributed by atoms with Gasteiger partial charge in [-0.15, -0.1) is 22.7 Å². The monoisotopic (exact) mass is 962 g/mol. The molecule has 0 spiro atoms. The van der Waals surface area contributed by atoms with Crippen LogP contribution in [0, 0.1) is 40.9 Å². The Morgan fingerprint density at radius 2 is 1.90 bits per heavy atom. The quantitative estimate of drug-likeness (QED) is 0.0325. The molecule has 17 nitrogen and oxygen atoms in total. The second-order valence-electron chi connectivity index (χ2n) is 18.4. The minimum Gasteiger partial charge on any atom is -0.511 e. The van der Waals surface area contributed by atoms with E-state index in [9.17, 15) is 24.8 Å². The molecule has 3 aromatic heterocycles. The van der Waals surface area contributed by atoms with E-state index in [4.69, 9.17) is 26.3 Å². The highest BCUT2D eigenvalue weighted by Gasteiger charge is 2.44. The van der Waals surface area contributed by atoms with Crippen LogP contribution >= 0.6 is 22.7 Å². The number of thiophene rings is 1. The number of rotatable bonds is 15. The SMILES string of the molecule is Cc1ncsc1-c1ccc(CNC(=O)[C@@H]2CCCN2C(=O)[C@H](/C(O)=C/C(=N)OCCCN2CCCN(c3nccc(C(=N)NC(=O)[C@@]4(C)CCCc5sc(N)c(C#N)c54)n3)[C@@H](C)C2)C(C)C)cc1. The number of nitrogens with one attached hydrogen (secondary N) is 4. The normalized spacial score (nSPS) is 20.3. The number of carbonyl (C=O) groups excluding carboxylic acids is 3. The van der Waals surface area contributed by atoms with Gasteiger partial charge in [0.05, 0.1) is 39.6 Å². The fourth-order valence-electron chi connectivity index (χ4n) is 9.64. The number of nitrogens with two attached hydrogens (primary N) is 1. The zero-order valence-corrected chi connectivity index (χ0v) is 41.1. The molecule has 3 aliphatic rings.